The fourth-order valence-electron chi connectivity index (χ4n) is 2.21. The van der Waals surface area contributed by atoms with Gasteiger partial charge >= 0.3 is 0 Å². The Hall–Kier alpha value is -2.87. The maximum Gasteiger partial charge on any atom is 0.290 e. The summed E-state index contributed by atoms with van der Waals surface area (Å²) in [5.41, 5.74) is 0.998. The van der Waals surface area contributed by atoms with Gasteiger partial charge in [-0.05, 0) is 29.8 Å². The zero-order valence-electron chi connectivity index (χ0n) is 13.5. The number of amides is 1. The van der Waals surface area contributed by atoms with Crippen LogP contribution in [0.5, 0.6) is 0 Å². The molecule has 128 valence electrons. The van der Waals surface area contributed by atoms with Crippen LogP contribution in [0.15, 0.2) is 65.2 Å². The van der Waals surface area contributed by atoms with Crippen LogP contribution in [-0.4, -0.2) is 37.5 Å². The Labute approximate surface area is 149 Å². The normalized spacial score (nSPS) is 10.6. The number of furan rings is 1. The minimum Gasteiger partial charge on any atom is -0.455 e. The van der Waals surface area contributed by atoms with Gasteiger partial charge in [-0.3, -0.25) is 14.9 Å². The number of nitrogens with one attached hydrogen (secondary N) is 1. The third-order valence-electron chi connectivity index (χ3n) is 3.38. The van der Waals surface area contributed by atoms with E-state index in [1.54, 1.807) is 35.5 Å². The summed E-state index contributed by atoms with van der Waals surface area (Å²) >= 11 is 1.46. The molecule has 3 aromatic rings. The monoisotopic (exact) mass is 355 g/mol. The second-order valence-electron chi connectivity index (χ2n) is 5.18. The number of hydrogen-bond donors (Lipinski definition) is 1. The summed E-state index contributed by atoms with van der Waals surface area (Å²) in [6.07, 6.45) is 6.56. The zero-order valence-corrected chi connectivity index (χ0v) is 14.3. The van der Waals surface area contributed by atoms with Crippen molar-refractivity contribution in [3.63, 3.8) is 0 Å². The highest BCUT2D eigenvalue weighted by Gasteiger charge is 2.19. The van der Waals surface area contributed by atoms with Gasteiger partial charge < -0.3 is 9.32 Å². The van der Waals surface area contributed by atoms with Crippen molar-refractivity contribution in [2.24, 2.45) is 0 Å². The first-order valence-electron chi connectivity index (χ1n) is 7.62. The quantitative estimate of drug-likeness (QED) is 0.494. The average molecular weight is 355 g/mol. The van der Waals surface area contributed by atoms with Crippen molar-refractivity contribution in [2.45, 2.75) is 17.5 Å². The van der Waals surface area contributed by atoms with E-state index in [0.717, 1.165) is 5.56 Å². The van der Waals surface area contributed by atoms with Gasteiger partial charge in [-0.25, -0.2) is 4.98 Å². The van der Waals surface area contributed by atoms with Crippen molar-refractivity contribution >= 4 is 17.7 Å². The largest absolute Gasteiger partial charge is 0.455 e. The molecule has 0 unspecified atom stereocenters. The number of hydrogen-bond acceptors (Lipinski definition) is 6. The lowest BCUT2D eigenvalue weighted by Crippen LogP contribution is -2.30. The number of carbonyl (C=O) groups excluding carboxylic acids is 1. The van der Waals surface area contributed by atoms with Crippen LogP contribution in [0.2, 0.25) is 0 Å². The van der Waals surface area contributed by atoms with Gasteiger partial charge in [0.2, 0.25) is 0 Å². The molecule has 0 saturated heterocycles. The molecule has 0 aliphatic rings. The average Bonchev–Trinajstić information content (AvgIpc) is 3.31. The summed E-state index contributed by atoms with van der Waals surface area (Å²) in [5, 5.41) is 7.26. The second-order valence-corrected chi connectivity index (χ2v) is 6.14. The summed E-state index contributed by atoms with van der Waals surface area (Å²) in [5.74, 6) is 1.40. The van der Waals surface area contributed by atoms with E-state index in [4.69, 9.17) is 4.42 Å². The van der Waals surface area contributed by atoms with E-state index in [1.807, 2.05) is 12.1 Å². The van der Waals surface area contributed by atoms with E-state index in [1.165, 1.54) is 18.1 Å². The van der Waals surface area contributed by atoms with Crippen molar-refractivity contribution in [1.29, 1.82) is 0 Å². The molecular formula is C17H17N5O2S. The standard InChI is InChI=1S/C17H17N5O2S/c1-2-9-22(10-13-5-7-18-8-6-13)16(23)15-4-3-14(24-15)11-25-17-19-12-20-21-17/h2-8,12H,1,9-11H2,(H,19,20,21). The second kappa shape index (κ2) is 8.29. The number of aromatic amines is 1. The molecule has 0 aromatic carbocycles. The smallest absolute Gasteiger partial charge is 0.290 e. The van der Waals surface area contributed by atoms with Crippen LogP contribution >= 0.6 is 11.8 Å². The van der Waals surface area contributed by atoms with Crippen LogP contribution in [-0.2, 0) is 12.3 Å². The molecule has 0 atom stereocenters. The molecule has 0 aliphatic heterocycles. The number of aromatic nitrogens is 4. The van der Waals surface area contributed by atoms with E-state index >= 15 is 0 Å². The SMILES string of the molecule is C=CCN(Cc1ccncc1)C(=O)c1ccc(CSc2ncn[nH]2)o1. The van der Waals surface area contributed by atoms with E-state index in [2.05, 4.69) is 26.7 Å². The predicted molar refractivity (Wildman–Crippen MR) is 93.8 cm³/mol. The van der Waals surface area contributed by atoms with E-state index in [0.29, 0.717) is 35.5 Å². The molecule has 3 aromatic heterocycles. The van der Waals surface area contributed by atoms with E-state index < -0.39 is 0 Å². The van der Waals surface area contributed by atoms with Gasteiger partial charge in [-0.15, -0.1) is 6.58 Å². The molecule has 3 rings (SSSR count). The van der Waals surface area contributed by atoms with Crippen LogP contribution in [0.4, 0.5) is 0 Å². The van der Waals surface area contributed by atoms with Crippen LogP contribution in [0.3, 0.4) is 0 Å². The number of thioether (sulfide) groups is 1. The highest BCUT2D eigenvalue weighted by atomic mass is 32.2. The molecule has 0 radical (unpaired) electrons. The van der Waals surface area contributed by atoms with Crippen LogP contribution in [0.25, 0.3) is 0 Å². The van der Waals surface area contributed by atoms with Gasteiger partial charge in [0.05, 0.1) is 5.75 Å². The lowest BCUT2D eigenvalue weighted by molar-refractivity contribution is 0.0729. The molecule has 25 heavy (non-hydrogen) atoms. The Kier molecular flexibility index (Phi) is 5.63. The Balaban J connectivity index is 1.66. The third-order valence-corrected chi connectivity index (χ3v) is 4.27. The molecule has 1 amide bonds. The molecule has 0 fully saturated rings. The maximum atomic E-state index is 12.7. The fraction of sp³-hybridized carbons (Fsp3) is 0.176. The minimum absolute atomic E-state index is 0.173. The third kappa shape index (κ3) is 4.57. The number of nitrogens with zero attached hydrogens (tertiary/aromatic N) is 4. The highest BCUT2D eigenvalue weighted by molar-refractivity contribution is 7.98. The van der Waals surface area contributed by atoms with Crippen molar-refractivity contribution < 1.29 is 9.21 Å². The van der Waals surface area contributed by atoms with Crippen molar-refractivity contribution in [3.8, 4) is 0 Å². The van der Waals surface area contributed by atoms with E-state index in [9.17, 15) is 4.79 Å². The van der Waals surface area contributed by atoms with Crippen molar-refractivity contribution in [3.05, 3.63) is 72.7 Å². The van der Waals surface area contributed by atoms with Gasteiger partial charge in [-0.1, -0.05) is 17.8 Å². The first-order chi connectivity index (χ1) is 12.3. The van der Waals surface area contributed by atoms with Crippen molar-refractivity contribution in [1.82, 2.24) is 25.1 Å². The summed E-state index contributed by atoms with van der Waals surface area (Å²) in [6.45, 7) is 4.63. The van der Waals surface area contributed by atoms with E-state index in [-0.39, 0.29) is 5.91 Å². The Morgan fingerprint density at radius 2 is 2.16 bits per heavy atom. The molecule has 0 spiro atoms. The molecule has 0 bridgehead atoms. The zero-order chi connectivity index (χ0) is 17.5. The number of carbonyl (C=O) groups is 1. The number of pyridine rings is 1. The van der Waals surface area contributed by atoms with Crippen LogP contribution in [0.1, 0.15) is 21.9 Å². The summed E-state index contributed by atoms with van der Waals surface area (Å²) in [4.78, 5) is 22.4. The first-order valence-corrected chi connectivity index (χ1v) is 8.61. The van der Waals surface area contributed by atoms with Gasteiger partial charge in [0.25, 0.3) is 5.91 Å². The van der Waals surface area contributed by atoms with Crippen LogP contribution < -0.4 is 0 Å². The van der Waals surface area contributed by atoms with Gasteiger partial charge in [-0.2, -0.15) is 5.10 Å². The topological polar surface area (TPSA) is 87.9 Å². The Morgan fingerprint density at radius 1 is 1.32 bits per heavy atom. The van der Waals surface area contributed by atoms with Gasteiger partial charge in [0, 0.05) is 25.5 Å². The van der Waals surface area contributed by atoms with Gasteiger partial charge in [0.15, 0.2) is 10.9 Å². The first kappa shape index (κ1) is 17.0. The molecule has 7 nitrogen and oxygen atoms in total. The summed E-state index contributed by atoms with van der Waals surface area (Å²) in [7, 11) is 0. The molecule has 8 heteroatoms. The molecule has 3 heterocycles. The lowest BCUT2D eigenvalue weighted by atomic mass is 10.2. The Morgan fingerprint density at radius 3 is 2.88 bits per heavy atom. The maximum absolute atomic E-state index is 12.7. The lowest BCUT2D eigenvalue weighted by Gasteiger charge is -2.19. The molecule has 1 N–H and O–H groups in total. The minimum atomic E-state index is -0.173. The van der Waals surface area contributed by atoms with Crippen molar-refractivity contribution in [2.75, 3.05) is 6.54 Å². The predicted octanol–water partition coefficient (Wildman–Crippen LogP) is 2.91. The molecule has 0 saturated carbocycles. The molecular weight excluding hydrogens is 338 g/mol. The van der Waals surface area contributed by atoms with Gasteiger partial charge in [0.1, 0.15) is 12.1 Å². The summed E-state index contributed by atoms with van der Waals surface area (Å²) in [6, 6.07) is 7.26. The summed E-state index contributed by atoms with van der Waals surface area (Å²) < 4.78 is 5.69. The number of rotatable bonds is 8. The Bertz CT molecular complexity index is 817. The highest BCUT2D eigenvalue weighted by Crippen LogP contribution is 2.21. The molecule has 0 aliphatic carbocycles. The fourth-order valence-corrected chi connectivity index (χ4v) is 2.89. The van der Waals surface area contributed by atoms with Crippen LogP contribution in [0, 0.1) is 0 Å². The number of H-pyrrole nitrogens is 1.